The van der Waals surface area contributed by atoms with Gasteiger partial charge in [0, 0.05) is 32.7 Å². The lowest BCUT2D eigenvalue weighted by atomic mass is 10.1. The maximum Gasteiger partial charge on any atom is 0.511 e. The van der Waals surface area contributed by atoms with E-state index in [4.69, 9.17) is 0 Å². The topological polar surface area (TPSA) is 73.8 Å². The van der Waals surface area contributed by atoms with Crippen molar-refractivity contribution in [3.63, 3.8) is 0 Å². The lowest BCUT2D eigenvalue weighted by Gasteiger charge is -2.32. The molecule has 6 nitrogen and oxygen atoms in total. The fourth-order valence-corrected chi connectivity index (χ4v) is 4.46. The minimum atomic E-state index is -5.25. The first-order chi connectivity index (χ1) is 12.1. The zero-order chi connectivity index (χ0) is 19.4. The summed E-state index contributed by atoms with van der Waals surface area (Å²) in [6.45, 7) is 2.42. The van der Waals surface area contributed by atoms with Crippen molar-refractivity contribution in [2.45, 2.75) is 37.2 Å². The minimum Gasteiger partial charge on any atom is -0.356 e. The van der Waals surface area contributed by atoms with E-state index >= 15 is 0 Å². The SMILES string of the molecule is CN=C(NCC(C)c1ccsc1)NC1CCN(S(=O)(=O)C(F)(F)F)CC1.I. The van der Waals surface area contributed by atoms with E-state index in [0.717, 1.165) is 0 Å². The van der Waals surface area contributed by atoms with Crippen LogP contribution in [0.25, 0.3) is 0 Å². The normalized spacial score (nSPS) is 18.6. The number of hydrogen-bond donors (Lipinski definition) is 2. The fourth-order valence-electron chi connectivity index (χ4n) is 2.70. The maximum atomic E-state index is 12.6. The molecule has 1 unspecified atom stereocenters. The number of guanidine groups is 1. The van der Waals surface area contributed by atoms with E-state index in [0.29, 0.717) is 22.7 Å². The molecule has 0 bridgehead atoms. The first-order valence-electron chi connectivity index (χ1n) is 8.21. The van der Waals surface area contributed by atoms with Crippen molar-refractivity contribution in [1.29, 1.82) is 0 Å². The molecule has 1 fully saturated rings. The molecule has 2 N–H and O–H groups in total. The predicted molar refractivity (Wildman–Crippen MR) is 112 cm³/mol. The monoisotopic (exact) mass is 540 g/mol. The van der Waals surface area contributed by atoms with Gasteiger partial charge < -0.3 is 10.6 Å². The van der Waals surface area contributed by atoms with E-state index in [1.165, 1.54) is 5.56 Å². The quantitative estimate of drug-likeness (QED) is 0.343. The molecular formula is C15H24F3IN4O2S2. The predicted octanol–water partition coefficient (Wildman–Crippen LogP) is 2.95. The molecule has 1 atom stereocenters. The van der Waals surface area contributed by atoms with Crippen LogP contribution in [0.5, 0.6) is 0 Å². The van der Waals surface area contributed by atoms with Crippen LogP contribution >= 0.6 is 35.3 Å². The van der Waals surface area contributed by atoms with Gasteiger partial charge in [-0.2, -0.15) is 28.8 Å². The van der Waals surface area contributed by atoms with Gasteiger partial charge in [-0.05, 0) is 41.1 Å². The molecule has 0 spiro atoms. The second kappa shape index (κ2) is 10.3. The van der Waals surface area contributed by atoms with E-state index in [1.54, 1.807) is 18.4 Å². The zero-order valence-electron chi connectivity index (χ0n) is 15.0. The van der Waals surface area contributed by atoms with Gasteiger partial charge in [0.1, 0.15) is 0 Å². The van der Waals surface area contributed by atoms with Gasteiger partial charge in [0.2, 0.25) is 0 Å². The third-order valence-corrected chi connectivity index (χ3v) is 6.67. The lowest BCUT2D eigenvalue weighted by molar-refractivity contribution is -0.0494. The Morgan fingerprint density at radius 2 is 2.04 bits per heavy atom. The second-order valence-corrected chi connectivity index (χ2v) is 8.89. The van der Waals surface area contributed by atoms with Crippen molar-refractivity contribution in [3.05, 3.63) is 22.4 Å². The summed E-state index contributed by atoms with van der Waals surface area (Å²) in [4.78, 5) is 4.13. The number of piperidine rings is 1. The minimum absolute atomic E-state index is 0. The van der Waals surface area contributed by atoms with Gasteiger partial charge in [0.25, 0.3) is 0 Å². The van der Waals surface area contributed by atoms with Crippen LogP contribution in [0.1, 0.15) is 31.2 Å². The highest BCUT2D eigenvalue weighted by Gasteiger charge is 2.50. The number of hydrogen-bond acceptors (Lipinski definition) is 4. The number of alkyl halides is 3. The molecule has 1 aliphatic heterocycles. The molecule has 0 aromatic carbocycles. The Kier molecular flexibility index (Phi) is 9.28. The van der Waals surface area contributed by atoms with Crippen LogP contribution in [-0.4, -0.2) is 56.9 Å². The summed E-state index contributed by atoms with van der Waals surface area (Å²) in [5.41, 5.74) is -4.02. The van der Waals surface area contributed by atoms with Crippen molar-refractivity contribution >= 4 is 51.3 Å². The Labute approximate surface area is 178 Å². The van der Waals surface area contributed by atoms with Gasteiger partial charge in [0.05, 0.1) is 0 Å². The molecule has 1 aromatic heterocycles. The van der Waals surface area contributed by atoms with Crippen molar-refractivity contribution in [1.82, 2.24) is 14.9 Å². The molecule has 1 aliphatic rings. The summed E-state index contributed by atoms with van der Waals surface area (Å²) >= 11 is 1.63. The summed E-state index contributed by atoms with van der Waals surface area (Å²) in [6, 6.07) is 1.93. The van der Waals surface area contributed by atoms with E-state index in [-0.39, 0.29) is 55.9 Å². The first kappa shape index (κ1) is 24.4. The lowest BCUT2D eigenvalue weighted by Crippen LogP contribution is -2.51. The highest BCUT2D eigenvalue weighted by Crippen LogP contribution is 2.28. The number of nitrogens with zero attached hydrogens (tertiary/aromatic N) is 2. The van der Waals surface area contributed by atoms with Crippen molar-refractivity contribution < 1.29 is 21.6 Å². The van der Waals surface area contributed by atoms with Crippen molar-refractivity contribution in [2.75, 3.05) is 26.7 Å². The average Bonchev–Trinajstić information content (AvgIpc) is 3.12. The molecule has 2 rings (SSSR count). The number of nitrogens with one attached hydrogen (secondary N) is 2. The highest BCUT2D eigenvalue weighted by molar-refractivity contribution is 14.0. The van der Waals surface area contributed by atoms with Crippen LogP contribution in [-0.2, 0) is 10.0 Å². The van der Waals surface area contributed by atoms with Gasteiger partial charge in [-0.25, -0.2) is 8.42 Å². The van der Waals surface area contributed by atoms with Crippen molar-refractivity contribution in [3.8, 4) is 0 Å². The maximum absolute atomic E-state index is 12.6. The standard InChI is InChI=1S/C15H23F3N4O2S2.HI/c1-11(12-5-8-25-10-12)9-20-14(19-2)21-13-3-6-22(7-4-13)26(23,24)15(16,17)18;/h5,8,10-11,13H,3-4,6-7,9H2,1-2H3,(H2,19,20,21);1H. The largest absolute Gasteiger partial charge is 0.511 e. The molecule has 12 heteroatoms. The van der Waals surface area contributed by atoms with Crippen LogP contribution in [0, 0.1) is 0 Å². The van der Waals surface area contributed by atoms with Gasteiger partial charge in [0.15, 0.2) is 5.96 Å². The number of sulfonamides is 1. The van der Waals surface area contributed by atoms with Gasteiger partial charge >= 0.3 is 15.5 Å². The molecule has 156 valence electrons. The second-order valence-electron chi connectivity index (χ2n) is 6.18. The number of aliphatic imine (C=N–C) groups is 1. The van der Waals surface area contributed by atoms with E-state index in [2.05, 4.69) is 34.0 Å². The Bertz CT molecular complexity index is 703. The Morgan fingerprint density at radius 3 is 2.52 bits per heavy atom. The van der Waals surface area contributed by atoms with Crippen molar-refractivity contribution in [2.24, 2.45) is 4.99 Å². The van der Waals surface area contributed by atoms with Gasteiger partial charge in [-0.1, -0.05) is 6.92 Å². The van der Waals surface area contributed by atoms with Crippen LogP contribution in [0.15, 0.2) is 21.8 Å². The van der Waals surface area contributed by atoms with Crippen LogP contribution < -0.4 is 10.6 Å². The summed E-state index contributed by atoms with van der Waals surface area (Å²) < 4.78 is 61.2. The molecule has 0 saturated carbocycles. The molecule has 0 aliphatic carbocycles. The third-order valence-electron chi connectivity index (χ3n) is 4.34. The number of rotatable bonds is 5. The highest BCUT2D eigenvalue weighted by atomic mass is 127. The molecule has 0 amide bonds. The van der Waals surface area contributed by atoms with E-state index in [9.17, 15) is 21.6 Å². The Balaban J connectivity index is 0.00000364. The molecular weight excluding hydrogens is 516 g/mol. The van der Waals surface area contributed by atoms with E-state index < -0.39 is 15.5 Å². The van der Waals surface area contributed by atoms with Gasteiger partial charge in [-0.3, -0.25) is 4.99 Å². The summed E-state index contributed by atoms with van der Waals surface area (Å²) in [5, 5.41) is 10.5. The Morgan fingerprint density at radius 1 is 1.41 bits per heavy atom. The molecule has 27 heavy (non-hydrogen) atoms. The number of halogens is 4. The molecule has 0 radical (unpaired) electrons. The summed E-state index contributed by atoms with van der Waals surface area (Å²) in [7, 11) is -3.62. The number of thiophene rings is 1. The van der Waals surface area contributed by atoms with Crippen LogP contribution in [0.2, 0.25) is 0 Å². The molecule has 1 aromatic rings. The summed E-state index contributed by atoms with van der Waals surface area (Å²) in [6.07, 6.45) is 0.576. The van der Waals surface area contributed by atoms with Crippen LogP contribution in [0.3, 0.4) is 0 Å². The smallest absolute Gasteiger partial charge is 0.356 e. The third kappa shape index (κ3) is 6.46. The molecule has 2 heterocycles. The summed E-state index contributed by atoms with van der Waals surface area (Å²) in [5.74, 6) is 0.850. The fraction of sp³-hybridized carbons (Fsp3) is 0.667. The van der Waals surface area contributed by atoms with Crippen LogP contribution in [0.4, 0.5) is 13.2 Å². The first-order valence-corrected chi connectivity index (χ1v) is 10.6. The van der Waals surface area contributed by atoms with Gasteiger partial charge in [-0.15, -0.1) is 24.0 Å². The molecule has 1 saturated heterocycles. The Hall–Kier alpha value is -0.600. The van der Waals surface area contributed by atoms with E-state index in [1.807, 2.05) is 5.38 Å². The zero-order valence-corrected chi connectivity index (χ0v) is 19.0. The average molecular weight is 540 g/mol.